The average Bonchev–Trinajstić information content (AvgIpc) is 3.40. The van der Waals surface area contributed by atoms with Crippen LogP contribution in [0.1, 0.15) is 387 Å². The first kappa shape index (κ1) is 72.2. The van der Waals surface area contributed by atoms with Crippen LogP contribution in [0.2, 0.25) is 0 Å². The fraction of sp³-hybridized carbons (Fsp3) is 0.926. The molecule has 0 radical (unpaired) electrons. The van der Waals surface area contributed by atoms with E-state index < -0.39 is 6.10 Å². The maximum absolute atomic E-state index is 12.9. The molecular formula is C68H130O6. The summed E-state index contributed by atoms with van der Waals surface area (Å²) >= 11 is 0. The number of esters is 3. The van der Waals surface area contributed by atoms with Crippen molar-refractivity contribution in [2.24, 2.45) is 0 Å². The lowest BCUT2D eigenvalue weighted by Crippen LogP contribution is -2.30. The van der Waals surface area contributed by atoms with Gasteiger partial charge in [-0.3, -0.25) is 14.4 Å². The minimum Gasteiger partial charge on any atom is -0.462 e. The largest absolute Gasteiger partial charge is 0.462 e. The van der Waals surface area contributed by atoms with Gasteiger partial charge in [-0.2, -0.15) is 0 Å². The number of hydrogen-bond acceptors (Lipinski definition) is 6. The highest BCUT2D eigenvalue weighted by Gasteiger charge is 2.19. The van der Waals surface area contributed by atoms with E-state index in [2.05, 4.69) is 32.9 Å². The van der Waals surface area contributed by atoms with E-state index in [1.54, 1.807) is 0 Å². The van der Waals surface area contributed by atoms with E-state index in [1.165, 1.54) is 283 Å². The van der Waals surface area contributed by atoms with Gasteiger partial charge in [-0.1, -0.05) is 335 Å². The molecule has 1 atom stereocenters. The Labute approximate surface area is 462 Å². The molecule has 0 N–H and O–H groups in total. The van der Waals surface area contributed by atoms with Crippen LogP contribution < -0.4 is 0 Å². The van der Waals surface area contributed by atoms with Crippen molar-refractivity contribution in [2.75, 3.05) is 13.2 Å². The molecule has 0 bridgehead atoms. The highest BCUT2D eigenvalue weighted by Crippen LogP contribution is 2.19. The van der Waals surface area contributed by atoms with E-state index in [9.17, 15) is 14.4 Å². The van der Waals surface area contributed by atoms with Gasteiger partial charge in [-0.25, -0.2) is 0 Å². The summed E-state index contributed by atoms with van der Waals surface area (Å²) < 4.78 is 16.9. The number of hydrogen-bond donors (Lipinski definition) is 0. The summed E-state index contributed by atoms with van der Waals surface area (Å²) in [6.45, 7) is 6.68. The summed E-state index contributed by atoms with van der Waals surface area (Å²) in [5.74, 6) is -0.847. The van der Waals surface area contributed by atoms with E-state index in [4.69, 9.17) is 14.2 Å². The molecule has 0 saturated heterocycles. The van der Waals surface area contributed by atoms with Gasteiger partial charge in [-0.15, -0.1) is 0 Å². The fourth-order valence-electron chi connectivity index (χ4n) is 10.4. The van der Waals surface area contributed by atoms with Crippen molar-refractivity contribution < 1.29 is 28.6 Å². The van der Waals surface area contributed by atoms with E-state index in [-0.39, 0.29) is 31.1 Å². The molecule has 0 rings (SSSR count). The highest BCUT2D eigenvalue weighted by atomic mass is 16.6. The lowest BCUT2D eigenvalue weighted by molar-refractivity contribution is -0.167. The van der Waals surface area contributed by atoms with Gasteiger partial charge in [0.05, 0.1) is 0 Å². The maximum atomic E-state index is 12.9. The Bertz CT molecular complexity index is 1150. The number of allylic oxidation sites excluding steroid dienone is 2. The van der Waals surface area contributed by atoms with E-state index >= 15 is 0 Å². The zero-order valence-electron chi connectivity index (χ0n) is 50.4. The second-order valence-corrected chi connectivity index (χ2v) is 23.1. The quantitative estimate of drug-likeness (QED) is 0.0261. The van der Waals surface area contributed by atoms with Crippen LogP contribution in [0.3, 0.4) is 0 Å². The summed E-state index contributed by atoms with van der Waals surface area (Å²) in [4.78, 5) is 38.2. The summed E-state index contributed by atoms with van der Waals surface area (Å²) in [6.07, 6.45) is 75.4. The highest BCUT2D eigenvalue weighted by molar-refractivity contribution is 5.71. The first-order chi connectivity index (χ1) is 36.5. The Morgan fingerprint density at radius 1 is 0.257 bits per heavy atom. The zero-order valence-corrected chi connectivity index (χ0v) is 50.4. The number of ether oxygens (including phenoxy) is 3. The Morgan fingerprint density at radius 3 is 0.703 bits per heavy atom. The summed E-state index contributed by atoms with van der Waals surface area (Å²) in [5, 5.41) is 0. The van der Waals surface area contributed by atoms with Crippen LogP contribution in [0, 0.1) is 0 Å². The first-order valence-electron chi connectivity index (χ1n) is 33.7. The molecule has 0 aliphatic heterocycles. The van der Waals surface area contributed by atoms with Crippen molar-refractivity contribution in [3.63, 3.8) is 0 Å². The Hall–Kier alpha value is -1.85. The molecular weight excluding hydrogens is 913 g/mol. The van der Waals surface area contributed by atoms with Crippen LogP contribution in [0.25, 0.3) is 0 Å². The van der Waals surface area contributed by atoms with Crippen molar-refractivity contribution in [3.8, 4) is 0 Å². The van der Waals surface area contributed by atoms with Gasteiger partial charge in [0.15, 0.2) is 6.10 Å². The molecule has 1 unspecified atom stereocenters. The van der Waals surface area contributed by atoms with Crippen molar-refractivity contribution in [1.29, 1.82) is 0 Å². The van der Waals surface area contributed by atoms with Crippen molar-refractivity contribution in [1.82, 2.24) is 0 Å². The molecule has 0 fully saturated rings. The molecule has 0 heterocycles. The first-order valence-corrected chi connectivity index (χ1v) is 33.7. The number of carbonyl (C=O) groups excluding carboxylic acids is 3. The molecule has 0 aliphatic rings. The van der Waals surface area contributed by atoms with E-state index in [0.717, 1.165) is 64.2 Å². The fourth-order valence-corrected chi connectivity index (χ4v) is 10.4. The molecule has 438 valence electrons. The molecule has 6 nitrogen and oxygen atoms in total. The predicted molar refractivity (Wildman–Crippen MR) is 321 cm³/mol. The minimum atomic E-state index is -0.768. The number of rotatable bonds is 63. The molecule has 0 saturated carbocycles. The average molecular weight is 1040 g/mol. The van der Waals surface area contributed by atoms with Gasteiger partial charge in [0.2, 0.25) is 0 Å². The van der Waals surface area contributed by atoms with Crippen LogP contribution in [-0.2, 0) is 28.6 Å². The summed E-state index contributed by atoms with van der Waals surface area (Å²) in [5.41, 5.74) is 0. The lowest BCUT2D eigenvalue weighted by atomic mass is 10.0. The second kappa shape index (κ2) is 63.7. The van der Waals surface area contributed by atoms with Crippen molar-refractivity contribution in [2.45, 2.75) is 393 Å². The number of unbranched alkanes of at least 4 members (excludes halogenated alkanes) is 50. The topological polar surface area (TPSA) is 78.9 Å². The van der Waals surface area contributed by atoms with Crippen molar-refractivity contribution in [3.05, 3.63) is 12.2 Å². The van der Waals surface area contributed by atoms with Gasteiger partial charge in [0.25, 0.3) is 0 Å². The maximum Gasteiger partial charge on any atom is 0.306 e. The predicted octanol–water partition coefficient (Wildman–Crippen LogP) is 22.8. The molecule has 0 aromatic rings. The van der Waals surface area contributed by atoms with Crippen LogP contribution >= 0.6 is 0 Å². The Morgan fingerprint density at radius 2 is 0.446 bits per heavy atom. The van der Waals surface area contributed by atoms with Gasteiger partial charge in [-0.05, 0) is 44.9 Å². The summed E-state index contributed by atoms with van der Waals surface area (Å²) in [7, 11) is 0. The van der Waals surface area contributed by atoms with Crippen molar-refractivity contribution >= 4 is 17.9 Å². The SMILES string of the molecule is CCCCC/C=C\CCCCCCCC(=O)OCC(COC(=O)CCCCCCCCCCCCCCCCCCCCCCCCCCCCCCCC)OC(=O)CCCCCCCCCCCCCCCC. The van der Waals surface area contributed by atoms with Crippen LogP contribution in [0.15, 0.2) is 12.2 Å². The number of carbonyl (C=O) groups is 3. The minimum absolute atomic E-state index is 0.0662. The molecule has 0 amide bonds. The Kier molecular flexibility index (Phi) is 62.1. The van der Waals surface area contributed by atoms with E-state index in [0.29, 0.717) is 19.3 Å². The van der Waals surface area contributed by atoms with Crippen LogP contribution in [0.5, 0.6) is 0 Å². The van der Waals surface area contributed by atoms with Gasteiger partial charge in [0, 0.05) is 19.3 Å². The van der Waals surface area contributed by atoms with E-state index in [1.807, 2.05) is 0 Å². The summed E-state index contributed by atoms with van der Waals surface area (Å²) in [6, 6.07) is 0. The normalized spacial score (nSPS) is 12.0. The van der Waals surface area contributed by atoms with Gasteiger partial charge in [0.1, 0.15) is 13.2 Å². The molecule has 0 spiro atoms. The third kappa shape index (κ3) is 61.0. The van der Waals surface area contributed by atoms with Gasteiger partial charge >= 0.3 is 17.9 Å². The Balaban J connectivity index is 4.07. The third-order valence-corrected chi connectivity index (χ3v) is 15.5. The third-order valence-electron chi connectivity index (χ3n) is 15.5. The zero-order chi connectivity index (χ0) is 53.6. The molecule has 0 aliphatic carbocycles. The monoisotopic (exact) mass is 1040 g/mol. The smallest absolute Gasteiger partial charge is 0.306 e. The van der Waals surface area contributed by atoms with Crippen LogP contribution in [-0.4, -0.2) is 37.2 Å². The second-order valence-electron chi connectivity index (χ2n) is 23.1. The molecule has 0 aromatic heterocycles. The van der Waals surface area contributed by atoms with Crippen LogP contribution in [0.4, 0.5) is 0 Å². The molecule has 0 aromatic carbocycles. The lowest BCUT2D eigenvalue weighted by Gasteiger charge is -2.18. The van der Waals surface area contributed by atoms with Gasteiger partial charge < -0.3 is 14.2 Å². The molecule has 74 heavy (non-hydrogen) atoms. The standard InChI is InChI=1S/C68H130O6/c1-4-7-10-13-16-19-22-25-27-28-29-30-31-32-33-34-35-36-37-38-39-40-41-42-44-46-49-52-55-58-61-67(70)73-64-65(63-72-66(69)60-57-54-51-48-45-24-21-18-15-12-9-6-3)74-68(71)62-59-56-53-50-47-43-26-23-20-17-14-11-8-5-2/h18,21,65H,4-17,19-20,22-64H2,1-3H3/b21-18-. The molecule has 6 heteroatoms.